The van der Waals surface area contributed by atoms with Gasteiger partial charge >= 0.3 is 0 Å². The molecule has 1 heterocycles. The highest BCUT2D eigenvalue weighted by Gasteiger charge is 2.37. The summed E-state index contributed by atoms with van der Waals surface area (Å²) in [5.74, 6) is -0.360. The Hall–Kier alpha value is -1.41. The Morgan fingerprint density at radius 2 is 1.89 bits per heavy atom. The van der Waals surface area contributed by atoms with Crippen LogP contribution in [0.2, 0.25) is 5.02 Å². The first kappa shape index (κ1) is 20.3. The first-order valence-electron chi connectivity index (χ1n) is 8.63. The summed E-state index contributed by atoms with van der Waals surface area (Å²) < 4.78 is 28.3. The van der Waals surface area contributed by atoms with Crippen molar-refractivity contribution in [1.82, 2.24) is 4.31 Å². The fourth-order valence-corrected chi connectivity index (χ4v) is 5.34. The van der Waals surface area contributed by atoms with E-state index in [1.807, 2.05) is 13.0 Å². The molecule has 8 heteroatoms. The number of sulfonamides is 1. The number of hydrogen-bond acceptors (Lipinski definition) is 3. The molecule has 5 nitrogen and oxygen atoms in total. The van der Waals surface area contributed by atoms with Crippen LogP contribution in [0.15, 0.2) is 51.8 Å². The van der Waals surface area contributed by atoms with Gasteiger partial charge in [-0.2, -0.15) is 4.31 Å². The lowest BCUT2D eigenvalue weighted by molar-refractivity contribution is -0.120. The molecule has 1 saturated heterocycles. The number of halogens is 2. The van der Waals surface area contributed by atoms with Gasteiger partial charge < -0.3 is 5.32 Å². The smallest absolute Gasteiger partial charge is 0.243 e. The molecular formula is C19H20BrClN2O3S. The minimum absolute atomic E-state index is 0.179. The molecule has 1 aliphatic rings. The molecule has 0 radical (unpaired) electrons. The molecule has 1 aliphatic heterocycles. The average Bonchev–Trinajstić information content (AvgIpc) is 2.64. The van der Waals surface area contributed by atoms with Crippen LogP contribution in [0.3, 0.4) is 0 Å². The normalized spacial score (nSPS) is 18.3. The zero-order valence-electron chi connectivity index (χ0n) is 14.8. The second-order valence-electron chi connectivity index (χ2n) is 6.55. The average molecular weight is 472 g/mol. The van der Waals surface area contributed by atoms with Crippen LogP contribution in [0.25, 0.3) is 0 Å². The highest BCUT2D eigenvalue weighted by molar-refractivity contribution is 9.10. The first-order chi connectivity index (χ1) is 12.8. The number of nitrogens with one attached hydrogen (secondary N) is 1. The second kappa shape index (κ2) is 8.31. The van der Waals surface area contributed by atoms with E-state index in [0.717, 1.165) is 22.9 Å². The Bertz CT molecular complexity index is 948. The maximum Gasteiger partial charge on any atom is 0.243 e. The van der Waals surface area contributed by atoms with Gasteiger partial charge in [-0.15, -0.1) is 0 Å². The van der Waals surface area contributed by atoms with E-state index < -0.39 is 16.1 Å². The number of piperidine rings is 1. The third kappa shape index (κ3) is 4.54. The van der Waals surface area contributed by atoms with E-state index in [0.29, 0.717) is 23.7 Å². The van der Waals surface area contributed by atoms with Crippen LogP contribution in [0.5, 0.6) is 0 Å². The van der Waals surface area contributed by atoms with Crippen LogP contribution in [0.4, 0.5) is 5.69 Å². The highest BCUT2D eigenvalue weighted by Crippen LogP contribution is 2.28. The fourth-order valence-electron chi connectivity index (χ4n) is 3.13. The molecule has 0 aromatic heterocycles. The number of hydrogen-bond donors (Lipinski definition) is 1. The maximum absolute atomic E-state index is 13.1. The van der Waals surface area contributed by atoms with E-state index in [1.165, 1.54) is 4.31 Å². The summed E-state index contributed by atoms with van der Waals surface area (Å²) in [5.41, 5.74) is 1.47. The molecule has 3 rings (SSSR count). The summed E-state index contributed by atoms with van der Waals surface area (Å²) in [4.78, 5) is 13.0. The van der Waals surface area contributed by atoms with Gasteiger partial charge in [0.1, 0.15) is 6.04 Å². The molecular weight excluding hydrogens is 452 g/mol. The molecule has 1 atom stereocenters. The predicted molar refractivity (Wildman–Crippen MR) is 110 cm³/mol. The Morgan fingerprint density at radius 3 is 2.56 bits per heavy atom. The Morgan fingerprint density at radius 1 is 1.19 bits per heavy atom. The van der Waals surface area contributed by atoms with Gasteiger partial charge in [0.05, 0.1) is 15.6 Å². The molecule has 0 saturated carbocycles. The largest absolute Gasteiger partial charge is 0.323 e. The second-order valence-corrected chi connectivity index (χ2v) is 9.77. The van der Waals surface area contributed by atoms with E-state index in [4.69, 9.17) is 11.6 Å². The van der Waals surface area contributed by atoms with Gasteiger partial charge in [0.25, 0.3) is 0 Å². The van der Waals surface area contributed by atoms with Gasteiger partial charge in [-0.1, -0.05) is 40.0 Å². The molecule has 0 bridgehead atoms. The monoisotopic (exact) mass is 470 g/mol. The molecule has 0 aliphatic carbocycles. The van der Waals surface area contributed by atoms with Crippen molar-refractivity contribution in [2.24, 2.45) is 0 Å². The van der Waals surface area contributed by atoms with Crippen LogP contribution < -0.4 is 5.32 Å². The van der Waals surface area contributed by atoms with Gasteiger partial charge in [-0.05, 0) is 61.7 Å². The zero-order valence-corrected chi connectivity index (χ0v) is 17.9. The lowest BCUT2D eigenvalue weighted by atomic mass is 10.0. The predicted octanol–water partition coefficient (Wildman–Crippen LogP) is 4.59. The molecule has 2 aromatic carbocycles. The Labute approximate surface area is 172 Å². The van der Waals surface area contributed by atoms with Crippen molar-refractivity contribution >= 4 is 49.1 Å². The maximum atomic E-state index is 13.1. The standard InChI is InChI=1S/C19H20BrClN2O3S/c1-13-5-10-17(16(21)12-13)22-19(24)18-4-2-3-11-23(18)27(25,26)15-8-6-14(20)7-9-15/h5-10,12,18H,2-4,11H2,1H3,(H,22,24)/t18-/m0/s1. The van der Waals surface area contributed by atoms with Gasteiger partial charge in [0.2, 0.25) is 15.9 Å². The third-order valence-corrected chi connectivity index (χ3v) is 7.32. The summed E-state index contributed by atoms with van der Waals surface area (Å²) in [5, 5.41) is 3.22. The summed E-state index contributed by atoms with van der Waals surface area (Å²) in [6.07, 6.45) is 2.00. The van der Waals surface area contributed by atoms with Crippen LogP contribution in [0.1, 0.15) is 24.8 Å². The van der Waals surface area contributed by atoms with Gasteiger partial charge in [0.15, 0.2) is 0 Å². The van der Waals surface area contributed by atoms with Crippen LogP contribution in [0, 0.1) is 6.92 Å². The summed E-state index contributed by atoms with van der Waals surface area (Å²) in [6.45, 7) is 2.23. The van der Waals surface area contributed by atoms with E-state index in [-0.39, 0.29) is 10.8 Å². The van der Waals surface area contributed by atoms with E-state index in [2.05, 4.69) is 21.2 Å². The van der Waals surface area contributed by atoms with E-state index in [1.54, 1.807) is 36.4 Å². The molecule has 0 spiro atoms. The lowest BCUT2D eigenvalue weighted by Gasteiger charge is -2.33. The lowest BCUT2D eigenvalue weighted by Crippen LogP contribution is -2.49. The van der Waals surface area contributed by atoms with Gasteiger partial charge in [0, 0.05) is 11.0 Å². The van der Waals surface area contributed by atoms with Crippen molar-refractivity contribution in [2.45, 2.75) is 37.1 Å². The zero-order chi connectivity index (χ0) is 19.6. The van der Waals surface area contributed by atoms with Crippen molar-refractivity contribution in [3.63, 3.8) is 0 Å². The Kier molecular flexibility index (Phi) is 6.25. The fraction of sp³-hybridized carbons (Fsp3) is 0.316. The minimum atomic E-state index is -3.76. The molecule has 1 fully saturated rings. The molecule has 0 unspecified atom stereocenters. The van der Waals surface area contributed by atoms with Crippen molar-refractivity contribution in [2.75, 3.05) is 11.9 Å². The van der Waals surface area contributed by atoms with Gasteiger partial charge in [-0.3, -0.25) is 4.79 Å². The van der Waals surface area contributed by atoms with Crippen molar-refractivity contribution in [3.8, 4) is 0 Å². The van der Waals surface area contributed by atoms with Crippen LogP contribution in [-0.2, 0) is 14.8 Å². The molecule has 27 heavy (non-hydrogen) atoms. The van der Waals surface area contributed by atoms with Crippen molar-refractivity contribution in [3.05, 3.63) is 57.5 Å². The summed E-state index contributed by atoms with van der Waals surface area (Å²) in [6, 6.07) is 11.0. The van der Waals surface area contributed by atoms with E-state index >= 15 is 0 Å². The van der Waals surface area contributed by atoms with Crippen LogP contribution in [-0.4, -0.2) is 31.2 Å². The number of nitrogens with zero attached hydrogens (tertiary/aromatic N) is 1. The van der Waals surface area contributed by atoms with Crippen molar-refractivity contribution < 1.29 is 13.2 Å². The number of carbonyl (C=O) groups is 1. The molecule has 1 N–H and O–H groups in total. The minimum Gasteiger partial charge on any atom is -0.323 e. The number of rotatable bonds is 4. The number of carbonyl (C=O) groups excluding carboxylic acids is 1. The Balaban J connectivity index is 1.86. The number of aryl methyl sites for hydroxylation is 1. The SMILES string of the molecule is Cc1ccc(NC(=O)[C@@H]2CCCCN2S(=O)(=O)c2ccc(Br)cc2)c(Cl)c1. The molecule has 144 valence electrons. The van der Waals surface area contributed by atoms with Crippen LogP contribution >= 0.6 is 27.5 Å². The quantitative estimate of drug-likeness (QED) is 0.709. The van der Waals surface area contributed by atoms with E-state index in [9.17, 15) is 13.2 Å². The topological polar surface area (TPSA) is 66.5 Å². The molecule has 2 aromatic rings. The van der Waals surface area contributed by atoms with Crippen molar-refractivity contribution in [1.29, 1.82) is 0 Å². The highest BCUT2D eigenvalue weighted by atomic mass is 79.9. The third-order valence-electron chi connectivity index (χ3n) is 4.56. The van der Waals surface area contributed by atoms with Gasteiger partial charge in [-0.25, -0.2) is 8.42 Å². The first-order valence-corrected chi connectivity index (χ1v) is 11.2. The molecule has 1 amide bonds. The number of anilines is 1. The summed E-state index contributed by atoms with van der Waals surface area (Å²) in [7, 11) is -3.76. The summed E-state index contributed by atoms with van der Waals surface area (Å²) >= 11 is 9.51. The number of benzene rings is 2. The number of amides is 1.